The average Bonchev–Trinajstić information content (AvgIpc) is 2.53. The fraction of sp³-hybridized carbons (Fsp3) is 0.600. The van der Waals surface area contributed by atoms with Crippen molar-refractivity contribution < 1.29 is 19.4 Å². The molecule has 2 aliphatic heterocycles. The summed E-state index contributed by atoms with van der Waals surface area (Å²) in [5.74, 6) is 0. The van der Waals surface area contributed by atoms with Gasteiger partial charge in [0, 0.05) is 19.6 Å². The molecule has 6 nitrogen and oxygen atoms in total. The number of aryl methyl sites for hydroxylation is 1. The van der Waals surface area contributed by atoms with Crippen LogP contribution in [0.15, 0.2) is 30.3 Å². The summed E-state index contributed by atoms with van der Waals surface area (Å²) in [7, 11) is 0. The van der Waals surface area contributed by atoms with E-state index in [9.17, 15) is 9.59 Å². The summed E-state index contributed by atoms with van der Waals surface area (Å²) in [6.45, 7) is 9.24. The molecule has 144 valence electrons. The topological polar surface area (TPSA) is 70.1 Å². The monoisotopic (exact) mass is 362 g/mol. The van der Waals surface area contributed by atoms with E-state index in [1.165, 1.54) is 10.5 Å². The first-order chi connectivity index (χ1) is 12.1. The van der Waals surface area contributed by atoms with E-state index in [-0.39, 0.29) is 11.6 Å². The Labute approximate surface area is 155 Å². The predicted molar refractivity (Wildman–Crippen MR) is 100 cm³/mol. The Balaban J connectivity index is 0.000000290. The van der Waals surface area contributed by atoms with Gasteiger partial charge in [0.05, 0.1) is 5.54 Å². The van der Waals surface area contributed by atoms with E-state index < -0.39 is 11.7 Å². The van der Waals surface area contributed by atoms with Crippen LogP contribution in [0.4, 0.5) is 9.59 Å². The Morgan fingerprint density at radius 2 is 1.77 bits per heavy atom. The normalized spacial score (nSPS) is 22.2. The van der Waals surface area contributed by atoms with Gasteiger partial charge in [-0.25, -0.2) is 9.59 Å². The summed E-state index contributed by atoms with van der Waals surface area (Å²) < 4.78 is 5.36. The fourth-order valence-corrected chi connectivity index (χ4v) is 3.39. The van der Waals surface area contributed by atoms with Crippen molar-refractivity contribution in [1.29, 1.82) is 0 Å². The number of ether oxygens (including phenoxy) is 1. The van der Waals surface area contributed by atoms with Crippen molar-refractivity contribution in [3.05, 3.63) is 35.9 Å². The van der Waals surface area contributed by atoms with Crippen molar-refractivity contribution in [2.45, 2.75) is 58.1 Å². The Morgan fingerprint density at radius 3 is 2.19 bits per heavy atom. The first-order valence-corrected chi connectivity index (χ1v) is 9.13. The molecule has 0 saturated carbocycles. The second-order valence-corrected chi connectivity index (χ2v) is 8.07. The van der Waals surface area contributed by atoms with Crippen molar-refractivity contribution in [2.75, 3.05) is 19.6 Å². The van der Waals surface area contributed by atoms with Gasteiger partial charge in [-0.05, 0) is 47.0 Å². The molecule has 1 aromatic rings. The number of hydrogen-bond acceptors (Lipinski definition) is 3. The molecule has 2 aliphatic rings. The van der Waals surface area contributed by atoms with Crippen LogP contribution in [0.1, 0.15) is 45.6 Å². The van der Waals surface area contributed by atoms with Gasteiger partial charge in [0.1, 0.15) is 5.60 Å². The highest BCUT2D eigenvalue weighted by atomic mass is 16.6. The summed E-state index contributed by atoms with van der Waals surface area (Å²) in [6.07, 6.45) is 1.25. The van der Waals surface area contributed by atoms with E-state index in [2.05, 4.69) is 19.1 Å². The SMILES string of the molecule is CC(C)(C)OC(=O)N1CCCC2(CCN2C(=O)O)C1.Cc1ccccc1. The predicted octanol–water partition coefficient (Wildman–Crippen LogP) is 4.13. The number of nitrogens with zero attached hydrogens (tertiary/aromatic N) is 2. The zero-order chi connectivity index (χ0) is 19.4. The van der Waals surface area contributed by atoms with Crippen LogP contribution >= 0.6 is 0 Å². The van der Waals surface area contributed by atoms with Crippen LogP contribution in [-0.4, -0.2) is 57.9 Å². The molecule has 2 amide bonds. The Bertz CT molecular complexity index is 626. The molecule has 1 N–H and O–H groups in total. The molecule has 0 aromatic heterocycles. The number of hydrogen-bond donors (Lipinski definition) is 1. The maximum Gasteiger partial charge on any atom is 0.410 e. The average molecular weight is 362 g/mol. The van der Waals surface area contributed by atoms with Crippen molar-refractivity contribution in [3.8, 4) is 0 Å². The number of benzene rings is 1. The standard InChI is InChI=1S/C13H22N2O4.C7H8/c1-12(2,3)19-11(18)14-7-4-5-13(9-14)6-8-15(13)10(16)17;1-7-5-3-2-4-6-7/h4-9H2,1-3H3,(H,16,17);2-6H,1H3. The second-order valence-electron chi connectivity index (χ2n) is 8.07. The highest BCUT2D eigenvalue weighted by molar-refractivity contribution is 5.70. The second kappa shape index (κ2) is 7.98. The number of piperidine rings is 1. The zero-order valence-corrected chi connectivity index (χ0v) is 16.2. The van der Waals surface area contributed by atoms with Crippen LogP contribution in [0.2, 0.25) is 0 Å². The van der Waals surface area contributed by atoms with Gasteiger partial charge in [-0.2, -0.15) is 0 Å². The van der Waals surface area contributed by atoms with Crippen molar-refractivity contribution in [3.63, 3.8) is 0 Å². The van der Waals surface area contributed by atoms with Gasteiger partial charge in [-0.1, -0.05) is 35.9 Å². The van der Waals surface area contributed by atoms with Crippen LogP contribution in [0, 0.1) is 6.92 Å². The van der Waals surface area contributed by atoms with E-state index in [1.807, 2.05) is 39.0 Å². The molecule has 0 radical (unpaired) electrons. The molecule has 26 heavy (non-hydrogen) atoms. The minimum Gasteiger partial charge on any atom is -0.465 e. The van der Waals surface area contributed by atoms with Crippen LogP contribution in [-0.2, 0) is 4.74 Å². The molecule has 0 aliphatic carbocycles. The Morgan fingerprint density at radius 1 is 1.12 bits per heavy atom. The third-order valence-corrected chi connectivity index (χ3v) is 4.75. The van der Waals surface area contributed by atoms with E-state index >= 15 is 0 Å². The van der Waals surface area contributed by atoms with Gasteiger partial charge in [0.15, 0.2) is 0 Å². The van der Waals surface area contributed by atoms with Crippen molar-refractivity contribution in [2.24, 2.45) is 0 Å². The lowest BCUT2D eigenvalue weighted by Crippen LogP contribution is -2.68. The van der Waals surface area contributed by atoms with Crippen LogP contribution < -0.4 is 0 Å². The number of rotatable bonds is 0. The molecule has 1 aromatic carbocycles. The van der Waals surface area contributed by atoms with E-state index in [0.717, 1.165) is 19.3 Å². The molecule has 2 fully saturated rings. The lowest BCUT2D eigenvalue weighted by atomic mass is 9.78. The molecule has 1 spiro atoms. The zero-order valence-electron chi connectivity index (χ0n) is 16.2. The number of likely N-dealkylation sites (tertiary alicyclic amines) is 2. The fourth-order valence-electron chi connectivity index (χ4n) is 3.39. The lowest BCUT2D eigenvalue weighted by molar-refractivity contribution is -0.0548. The van der Waals surface area contributed by atoms with E-state index in [1.54, 1.807) is 4.90 Å². The smallest absolute Gasteiger partial charge is 0.410 e. The number of amides is 2. The third-order valence-electron chi connectivity index (χ3n) is 4.75. The maximum atomic E-state index is 12.1. The summed E-state index contributed by atoms with van der Waals surface area (Å²) in [6, 6.07) is 10.3. The number of carboxylic acid groups (broad SMARTS) is 1. The summed E-state index contributed by atoms with van der Waals surface area (Å²) in [5, 5.41) is 9.15. The van der Waals surface area contributed by atoms with Gasteiger partial charge in [0.2, 0.25) is 0 Å². The Hall–Kier alpha value is -2.24. The molecule has 3 rings (SSSR count). The van der Waals surface area contributed by atoms with Crippen LogP contribution in [0.5, 0.6) is 0 Å². The number of carbonyl (C=O) groups is 2. The lowest BCUT2D eigenvalue weighted by Gasteiger charge is -2.55. The first-order valence-electron chi connectivity index (χ1n) is 9.13. The quantitative estimate of drug-likeness (QED) is 0.753. The van der Waals surface area contributed by atoms with Gasteiger partial charge in [-0.3, -0.25) is 0 Å². The molecular weight excluding hydrogens is 332 g/mol. The molecule has 2 saturated heterocycles. The number of carbonyl (C=O) groups excluding carboxylic acids is 1. The summed E-state index contributed by atoms with van der Waals surface area (Å²) >= 11 is 0. The molecular formula is C20H30N2O4. The molecule has 1 atom stereocenters. The third kappa shape index (κ3) is 5.13. The van der Waals surface area contributed by atoms with Crippen LogP contribution in [0.3, 0.4) is 0 Å². The highest BCUT2D eigenvalue weighted by Crippen LogP contribution is 2.38. The summed E-state index contributed by atoms with van der Waals surface area (Å²) in [4.78, 5) is 26.3. The minimum atomic E-state index is -0.891. The maximum absolute atomic E-state index is 12.1. The Kier molecular flexibility index (Phi) is 6.16. The minimum absolute atomic E-state index is 0.344. The first kappa shape index (κ1) is 20.1. The highest BCUT2D eigenvalue weighted by Gasteiger charge is 2.51. The van der Waals surface area contributed by atoms with Crippen LogP contribution in [0.25, 0.3) is 0 Å². The summed E-state index contributed by atoms with van der Waals surface area (Å²) in [5.41, 5.74) is 0.428. The van der Waals surface area contributed by atoms with E-state index in [0.29, 0.717) is 19.6 Å². The molecule has 1 unspecified atom stereocenters. The van der Waals surface area contributed by atoms with Gasteiger partial charge < -0.3 is 19.6 Å². The van der Waals surface area contributed by atoms with Crippen molar-refractivity contribution >= 4 is 12.2 Å². The molecule has 6 heteroatoms. The molecule has 0 bridgehead atoms. The van der Waals surface area contributed by atoms with Gasteiger partial charge in [-0.15, -0.1) is 0 Å². The van der Waals surface area contributed by atoms with Gasteiger partial charge >= 0.3 is 12.2 Å². The van der Waals surface area contributed by atoms with Crippen molar-refractivity contribution in [1.82, 2.24) is 9.80 Å². The van der Waals surface area contributed by atoms with E-state index in [4.69, 9.17) is 9.84 Å². The largest absolute Gasteiger partial charge is 0.465 e. The molecule has 2 heterocycles. The van der Waals surface area contributed by atoms with Gasteiger partial charge in [0.25, 0.3) is 0 Å².